The molecule has 5 rings (SSSR count). The van der Waals surface area contributed by atoms with Gasteiger partial charge >= 0.3 is 5.97 Å². The number of nitrogens with zero attached hydrogens (tertiary/aromatic N) is 3. The van der Waals surface area contributed by atoms with Gasteiger partial charge in [-0.3, -0.25) is 0 Å². The number of benzene rings is 2. The zero-order valence-electron chi connectivity index (χ0n) is 15.7. The van der Waals surface area contributed by atoms with Crippen LogP contribution in [-0.4, -0.2) is 32.1 Å². The zero-order chi connectivity index (χ0) is 20.8. The second-order valence-corrected chi connectivity index (χ2v) is 7.35. The van der Waals surface area contributed by atoms with Crippen molar-refractivity contribution < 1.29 is 18.7 Å². The van der Waals surface area contributed by atoms with Gasteiger partial charge in [-0.2, -0.15) is 0 Å². The summed E-state index contributed by atoms with van der Waals surface area (Å²) in [5.41, 5.74) is 1.41. The highest BCUT2D eigenvalue weighted by molar-refractivity contribution is 6.09. The maximum absolute atomic E-state index is 14.1. The summed E-state index contributed by atoms with van der Waals surface area (Å²) in [4.78, 5) is 24.9. The predicted molar refractivity (Wildman–Crippen MR) is 108 cm³/mol. The molecule has 0 amide bonds. The molecule has 30 heavy (non-hydrogen) atoms. The van der Waals surface area contributed by atoms with Gasteiger partial charge in [0.15, 0.2) is 17.5 Å². The summed E-state index contributed by atoms with van der Waals surface area (Å²) in [6.07, 6.45) is 3.70. The molecule has 0 saturated heterocycles. The molecule has 1 aliphatic rings. The first-order valence-corrected chi connectivity index (χ1v) is 9.51. The highest BCUT2D eigenvalue weighted by Crippen LogP contribution is 2.32. The first-order chi connectivity index (χ1) is 14.5. The van der Waals surface area contributed by atoms with E-state index in [2.05, 4.69) is 20.3 Å². The Labute approximate surface area is 169 Å². The van der Waals surface area contributed by atoms with E-state index in [1.807, 2.05) is 0 Å². The molecule has 0 atom stereocenters. The number of hydrogen-bond acceptors (Lipinski definition) is 5. The van der Waals surface area contributed by atoms with Crippen molar-refractivity contribution in [2.75, 3.05) is 5.32 Å². The van der Waals surface area contributed by atoms with Crippen molar-refractivity contribution in [2.24, 2.45) is 0 Å². The summed E-state index contributed by atoms with van der Waals surface area (Å²) < 4.78 is 27.6. The number of pyridine rings is 1. The van der Waals surface area contributed by atoms with Crippen molar-refractivity contribution in [1.29, 1.82) is 0 Å². The number of hydrogen-bond donors (Lipinski definition) is 2. The molecule has 6 nitrogen and oxygen atoms in total. The summed E-state index contributed by atoms with van der Waals surface area (Å²) in [5.74, 6) is -1.97. The van der Waals surface area contributed by atoms with Crippen molar-refractivity contribution in [3.63, 3.8) is 0 Å². The van der Waals surface area contributed by atoms with Crippen LogP contribution >= 0.6 is 0 Å². The van der Waals surface area contributed by atoms with E-state index in [-0.39, 0.29) is 17.5 Å². The van der Waals surface area contributed by atoms with Crippen LogP contribution in [0.3, 0.4) is 0 Å². The Balaban J connectivity index is 1.65. The standard InChI is InChI=1S/C22H16F2N4O2/c23-16-3-1-2-11(19(16)24)9-18-25-10-15-14-7-4-12(22(29)30)8-17(14)27-21(20(15)28-18)26-13-5-6-13/h1-4,7-8,10,13H,5-6,9H2,(H,26,27)(H,29,30). The van der Waals surface area contributed by atoms with Gasteiger partial charge in [-0.05, 0) is 36.6 Å². The zero-order valence-corrected chi connectivity index (χ0v) is 15.7. The topological polar surface area (TPSA) is 88.0 Å². The third-order valence-corrected chi connectivity index (χ3v) is 5.13. The number of anilines is 1. The Morgan fingerprint density at radius 2 is 1.97 bits per heavy atom. The number of carbonyl (C=O) groups is 1. The molecule has 150 valence electrons. The first-order valence-electron chi connectivity index (χ1n) is 9.51. The van der Waals surface area contributed by atoms with Crippen molar-refractivity contribution in [3.05, 3.63) is 71.2 Å². The predicted octanol–water partition coefficient (Wildman–Crippen LogP) is 4.32. The Kier molecular flexibility index (Phi) is 4.27. The van der Waals surface area contributed by atoms with E-state index in [4.69, 9.17) is 0 Å². The third kappa shape index (κ3) is 3.30. The largest absolute Gasteiger partial charge is 0.478 e. The number of fused-ring (bicyclic) bond motifs is 3. The summed E-state index contributed by atoms with van der Waals surface area (Å²) in [5, 5.41) is 14.0. The number of aromatic nitrogens is 3. The third-order valence-electron chi connectivity index (χ3n) is 5.13. The van der Waals surface area contributed by atoms with Crippen molar-refractivity contribution in [1.82, 2.24) is 15.0 Å². The van der Waals surface area contributed by atoms with Crippen LogP contribution in [0.4, 0.5) is 14.6 Å². The van der Waals surface area contributed by atoms with Gasteiger partial charge in [-0.1, -0.05) is 18.2 Å². The van der Waals surface area contributed by atoms with Crippen molar-refractivity contribution in [3.8, 4) is 0 Å². The molecule has 2 aromatic heterocycles. The van der Waals surface area contributed by atoms with Crippen LogP contribution in [-0.2, 0) is 6.42 Å². The lowest BCUT2D eigenvalue weighted by Gasteiger charge is -2.12. The molecule has 0 aliphatic heterocycles. The van der Waals surface area contributed by atoms with Crippen LogP contribution in [0.25, 0.3) is 21.8 Å². The lowest BCUT2D eigenvalue weighted by atomic mass is 10.1. The van der Waals surface area contributed by atoms with Gasteiger partial charge in [0, 0.05) is 29.4 Å². The van der Waals surface area contributed by atoms with Crippen LogP contribution in [0.1, 0.15) is 34.6 Å². The van der Waals surface area contributed by atoms with Crippen LogP contribution in [0.5, 0.6) is 0 Å². The molecule has 2 heterocycles. The number of nitrogens with one attached hydrogen (secondary N) is 1. The molecule has 1 aliphatic carbocycles. The van der Waals surface area contributed by atoms with E-state index in [9.17, 15) is 18.7 Å². The number of rotatable bonds is 5. The van der Waals surface area contributed by atoms with E-state index in [0.717, 1.165) is 24.3 Å². The number of halogens is 2. The molecule has 1 fully saturated rings. The van der Waals surface area contributed by atoms with Gasteiger partial charge in [-0.15, -0.1) is 0 Å². The lowest BCUT2D eigenvalue weighted by Crippen LogP contribution is -2.07. The second kappa shape index (κ2) is 6.98. The van der Waals surface area contributed by atoms with Crippen LogP contribution in [0.15, 0.2) is 42.6 Å². The SMILES string of the molecule is O=C(O)c1ccc2c(c1)nc(NC1CC1)c1nc(Cc3cccc(F)c3F)ncc12. The molecule has 0 spiro atoms. The second-order valence-electron chi connectivity index (χ2n) is 7.35. The summed E-state index contributed by atoms with van der Waals surface area (Å²) in [6.45, 7) is 0. The molecular weight excluding hydrogens is 390 g/mol. The van der Waals surface area contributed by atoms with Crippen LogP contribution < -0.4 is 5.32 Å². The fraction of sp³-hybridized carbons (Fsp3) is 0.182. The Bertz CT molecular complexity index is 1320. The van der Waals surface area contributed by atoms with E-state index >= 15 is 0 Å². The Hall–Kier alpha value is -3.68. The van der Waals surface area contributed by atoms with Crippen LogP contribution in [0, 0.1) is 11.6 Å². The number of aromatic carboxylic acids is 1. The quantitative estimate of drug-likeness (QED) is 0.480. The van der Waals surface area contributed by atoms with E-state index in [1.165, 1.54) is 24.3 Å². The minimum absolute atomic E-state index is 0.0401. The molecule has 2 N–H and O–H groups in total. The maximum Gasteiger partial charge on any atom is 0.335 e. The van der Waals surface area contributed by atoms with Crippen molar-refractivity contribution in [2.45, 2.75) is 25.3 Å². The fourth-order valence-corrected chi connectivity index (χ4v) is 3.42. The average Bonchev–Trinajstić information content (AvgIpc) is 3.55. The molecule has 0 bridgehead atoms. The molecule has 4 aromatic rings. The Morgan fingerprint density at radius 1 is 1.13 bits per heavy atom. The van der Waals surface area contributed by atoms with Gasteiger partial charge < -0.3 is 10.4 Å². The summed E-state index contributed by atoms with van der Waals surface area (Å²) >= 11 is 0. The highest BCUT2D eigenvalue weighted by atomic mass is 19.2. The molecule has 1 saturated carbocycles. The lowest BCUT2D eigenvalue weighted by molar-refractivity contribution is 0.0697. The number of carboxylic acid groups (broad SMARTS) is 1. The molecule has 2 aromatic carbocycles. The van der Waals surface area contributed by atoms with Crippen LogP contribution in [0.2, 0.25) is 0 Å². The van der Waals surface area contributed by atoms with E-state index in [1.54, 1.807) is 12.3 Å². The summed E-state index contributed by atoms with van der Waals surface area (Å²) in [6, 6.07) is 9.02. The van der Waals surface area contributed by atoms with Crippen molar-refractivity contribution >= 4 is 33.6 Å². The van der Waals surface area contributed by atoms with Gasteiger partial charge in [0.1, 0.15) is 11.3 Å². The molecule has 8 heteroatoms. The van der Waals surface area contributed by atoms with Gasteiger partial charge in [0.05, 0.1) is 11.1 Å². The maximum atomic E-state index is 14.1. The molecule has 0 unspecified atom stereocenters. The van der Waals surface area contributed by atoms with Gasteiger partial charge in [-0.25, -0.2) is 28.5 Å². The van der Waals surface area contributed by atoms with E-state index in [0.29, 0.717) is 34.1 Å². The molecular formula is C22H16F2N4O2. The van der Waals surface area contributed by atoms with E-state index < -0.39 is 17.6 Å². The first kappa shape index (κ1) is 18.4. The van der Waals surface area contributed by atoms with Gasteiger partial charge in [0.2, 0.25) is 0 Å². The Morgan fingerprint density at radius 3 is 2.73 bits per heavy atom. The monoisotopic (exact) mass is 406 g/mol. The normalized spacial score (nSPS) is 13.7. The fourth-order valence-electron chi connectivity index (χ4n) is 3.42. The highest BCUT2D eigenvalue weighted by Gasteiger charge is 2.24. The van der Waals surface area contributed by atoms with Gasteiger partial charge in [0.25, 0.3) is 0 Å². The average molecular weight is 406 g/mol. The number of carboxylic acids is 1. The minimum Gasteiger partial charge on any atom is -0.478 e. The smallest absolute Gasteiger partial charge is 0.335 e. The summed E-state index contributed by atoms with van der Waals surface area (Å²) in [7, 11) is 0. The molecule has 0 radical (unpaired) electrons. The minimum atomic E-state index is -1.03.